The van der Waals surface area contributed by atoms with E-state index in [0.717, 1.165) is 6.07 Å². The molecule has 0 saturated heterocycles. The normalized spacial score (nSPS) is 12.6. The first-order valence-corrected chi connectivity index (χ1v) is 8.88. The second-order valence-corrected chi connectivity index (χ2v) is 6.29. The van der Waals surface area contributed by atoms with Gasteiger partial charge in [-0.1, -0.05) is 0 Å². The zero-order valence-electron chi connectivity index (χ0n) is 15.2. The van der Waals surface area contributed by atoms with Gasteiger partial charge >= 0.3 is 6.09 Å². The number of carboxylic acid groups (broad SMARTS) is 1. The maximum atomic E-state index is 13.7. The van der Waals surface area contributed by atoms with E-state index in [4.69, 9.17) is 19.3 Å². The van der Waals surface area contributed by atoms with Gasteiger partial charge in [0, 0.05) is 10.9 Å². The quantitative estimate of drug-likeness (QED) is 0.568. The van der Waals surface area contributed by atoms with Gasteiger partial charge in [-0.15, -0.1) is 0 Å². The summed E-state index contributed by atoms with van der Waals surface area (Å²) >= 11 is 0. The van der Waals surface area contributed by atoms with Gasteiger partial charge in [0.05, 0.1) is 17.6 Å². The van der Waals surface area contributed by atoms with Crippen molar-refractivity contribution >= 4 is 16.9 Å². The summed E-state index contributed by atoms with van der Waals surface area (Å²) in [6, 6.07) is 9.02. The van der Waals surface area contributed by atoms with Crippen molar-refractivity contribution in [1.29, 1.82) is 0 Å². The molecule has 2 aromatic carbocycles. The molecular weight excluding hydrogens is 383 g/mol. The van der Waals surface area contributed by atoms with E-state index in [9.17, 15) is 14.0 Å². The fourth-order valence-corrected chi connectivity index (χ4v) is 3.14. The third-order valence-electron chi connectivity index (χ3n) is 4.39. The van der Waals surface area contributed by atoms with E-state index in [0.29, 0.717) is 47.1 Å². The Morgan fingerprint density at radius 2 is 1.93 bits per heavy atom. The maximum Gasteiger partial charge on any atom is 0.404 e. The van der Waals surface area contributed by atoms with Gasteiger partial charge in [0.1, 0.15) is 25.6 Å². The Morgan fingerprint density at radius 3 is 2.72 bits per heavy atom. The van der Waals surface area contributed by atoms with Crippen molar-refractivity contribution in [3.63, 3.8) is 0 Å². The monoisotopic (exact) mass is 400 g/mol. The summed E-state index contributed by atoms with van der Waals surface area (Å²) in [6.45, 7) is 0.921. The number of aromatic amines is 1. The lowest BCUT2D eigenvalue weighted by atomic mass is 10.0. The van der Waals surface area contributed by atoms with Crippen molar-refractivity contribution in [3.8, 4) is 28.5 Å². The van der Waals surface area contributed by atoms with Crippen molar-refractivity contribution in [1.82, 2.24) is 10.3 Å². The van der Waals surface area contributed by atoms with Crippen LogP contribution in [0.2, 0.25) is 0 Å². The number of pyridine rings is 1. The number of hydrogen-bond donors (Lipinski definition) is 3. The predicted molar refractivity (Wildman–Crippen MR) is 102 cm³/mol. The van der Waals surface area contributed by atoms with Crippen molar-refractivity contribution in [2.75, 3.05) is 26.4 Å². The summed E-state index contributed by atoms with van der Waals surface area (Å²) in [4.78, 5) is 25.9. The molecule has 1 aromatic heterocycles. The summed E-state index contributed by atoms with van der Waals surface area (Å²) in [6.07, 6.45) is -1.17. The van der Waals surface area contributed by atoms with Gasteiger partial charge in [-0.3, -0.25) is 4.79 Å². The van der Waals surface area contributed by atoms with E-state index in [-0.39, 0.29) is 18.5 Å². The Labute approximate surface area is 163 Å². The second-order valence-electron chi connectivity index (χ2n) is 6.29. The number of ether oxygens (including phenoxy) is 3. The highest BCUT2D eigenvalue weighted by Crippen LogP contribution is 2.38. The van der Waals surface area contributed by atoms with Crippen molar-refractivity contribution < 1.29 is 28.5 Å². The third kappa shape index (κ3) is 3.79. The van der Waals surface area contributed by atoms with Crippen molar-refractivity contribution in [2.24, 2.45) is 0 Å². The van der Waals surface area contributed by atoms with Crippen LogP contribution >= 0.6 is 0 Å². The lowest BCUT2D eigenvalue weighted by Gasteiger charge is -2.20. The molecule has 0 bridgehead atoms. The lowest BCUT2D eigenvalue weighted by molar-refractivity contribution is 0.171. The molecule has 1 amide bonds. The molecule has 4 rings (SSSR count). The first-order valence-electron chi connectivity index (χ1n) is 8.88. The lowest BCUT2D eigenvalue weighted by Crippen LogP contribution is -2.26. The fourth-order valence-electron chi connectivity index (χ4n) is 3.14. The minimum atomic E-state index is -1.17. The smallest absolute Gasteiger partial charge is 0.404 e. The van der Waals surface area contributed by atoms with E-state index in [1.807, 2.05) is 0 Å². The van der Waals surface area contributed by atoms with Crippen LogP contribution in [0.4, 0.5) is 9.18 Å². The van der Waals surface area contributed by atoms with Crippen LogP contribution in [0.15, 0.2) is 41.2 Å². The van der Waals surface area contributed by atoms with Gasteiger partial charge in [0.2, 0.25) is 0 Å². The average Bonchev–Trinajstić information content (AvgIpc) is 2.72. The Kier molecular flexibility index (Phi) is 4.94. The Morgan fingerprint density at radius 1 is 1.14 bits per heavy atom. The number of benzene rings is 2. The number of carbonyl (C=O) groups is 1. The molecule has 0 fully saturated rings. The molecule has 0 aliphatic carbocycles. The van der Waals surface area contributed by atoms with E-state index in [1.54, 1.807) is 18.2 Å². The molecule has 0 atom stereocenters. The van der Waals surface area contributed by atoms with Gasteiger partial charge in [-0.2, -0.15) is 0 Å². The highest BCUT2D eigenvalue weighted by Gasteiger charge is 2.18. The van der Waals surface area contributed by atoms with Gasteiger partial charge in [0.25, 0.3) is 5.56 Å². The van der Waals surface area contributed by atoms with Gasteiger partial charge in [-0.05, 0) is 36.4 Å². The van der Waals surface area contributed by atoms with Crippen LogP contribution < -0.4 is 25.1 Å². The zero-order chi connectivity index (χ0) is 20.4. The number of hydrogen-bond acceptors (Lipinski definition) is 5. The molecule has 9 heteroatoms. The van der Waals surface area contributed by atoms with Gasteiger partial charge in [-0.25, -0.2) is 9.18 Å². The van der Waals surface area contributed by atoms with Crippen LogP contribution in [0.1, 0.15) is 0 Å². The molecule has 0 spiro atoms. The molecule has 1 aliphatic rings. The third-order valence-corrected chi connectivity index (χ3v) is 4.39. The summed E-state index contributed by atoms with van der Waals surface area (Å²) in [5, 5.41) is 11.5. The Bertz CT molecular complexity index is 1140. The summed E-state index contributed by atoms with van der Waals surface area (Å²) in [7, 11) is 0. The second kappa shape index (κ2) is 7.70. The Balaban J connectivity index is 1.81. The fraction of sp³-hybridized carbons (Fsp3) is 0.200. The number of amides is 1. The predicted octanol–water partition coefficient (Wildman–Crippen LogP) is 2.75. The summed E-state index contributed by atoms with van der Waals surface area (Å²) in [5.74, 6) is 0.891. The molecule has 0 radical (unpaired) electrons. The molecule has 2 heterocycles. The minimum absolute atomic E-state index is 0.0162. The zero-order valence-corrected chi connectivity index (χ0v) is 15.2. The molecule has 0 saturated carbocycles. The van der Waals surface area contributed by atoms with E-state index < -0.39 is 17.5 Å². The van der Waals surface area contributed by atoms with Crippen LogP contribution in [-0.4, -0.2) is 42.5 Å². The van der Waals surface area contributed by atoms with Crippen LogP contribution in [0.25, 0.3) is 22.0 Å². The standard InChI is InChI=1S/C20H17FN2O6/c21-12-2-3-13-14(10-12)19(24)23-17(18(13)29-6-5-22-20(25)26)11-1-4-15-16(9-11)28-8-7-27-15/h1-4,9-10,22H,5-8H2,(H,23,24)(H,25,26). The molecule has 3 aromatic rings. The van der Waals surface area contributed by atoms with Crippen molar-refractivity contribution in [3.05, 3.63) is 52.6 Å². The number of fused-ring (bicyclic) bond motifs is 2. The molecule has 8 nitrogen and oxygen atoms in total. The van der Waals surface area contributed by atoms with E-state index in [1.165, 1.54) is 12.1 Å². The molecule has 1 aliphatic heterocycles. The largest absolute Gasteiger partial charge is 0.489 e. The first kappa shape index (κ1) is 18.6. The number of nitrogens with one attached hydrogen (secondary N) is 2. The minimum Gasteiger partial charge on any atom is -0.489 e. The maximum absolute atomic E-state index is 13.7. The molecular formula is C20H17FN2O6. The van der Waals surface area contributed by atoms with E-state index >= 15 is 0 Å². The highest BCUT2D eigenvalue weighted by atomic mass is 19.1. The first-order chi connectivity index (χ1) is 14.0. The number of aromatic nitrogens is 1. The molecule has 29 heavy (non-hydrogen) atoms. The molecule has 3 N–H and O–H groups in total. The SMILES string of the molecule is O=C(O)NCCOc1c(-c2ccc3c(c2)OCCO3)[nH]c(=O)c2cc(F)ccc12. The number of rotatable bonds is 5. The Hall–Kier alpha value is -3.75. The van der Waals surface area contributed by atoms with Crippen LogP contribution in [0.3, 0.4) is 0 Å². The van der Waals surface area contributed by atoms with E-state index in [2.05, 4.69) is 10.3 Å². The van der Waals surface area contributed by atoms with Gasteiger partial charge < -0.3 is 29.6 Å². The number of halogens is 1. The highest BCUT2D eigenvalue weighted by molar-refractivity contribution is 5.93. The summed E-state index contributed by atoms with van der Waals surface area (Å²) in [5.41, 5.74) is 0.514. The van der Waals surface area contributed by atoms with Crippen LogP contribution in [-0.2, 0) is 0 Å². The van der Waals surface area contributed by atoms with Gasteiger partial charge in [0.15, 0.2) is 17.2 Å². The average molecular weight is 400 g/mol. The topological polar surface area (TPSA) is 110 Å². The van der Waals surface area contributed by atoms with Crippen molar-refractivity contribution in [2.45, 2.75) is 0 Å². The molecule has 150 valence electrons. The van der Waals surface area contributed by atoms with Crippen LogP contribution in [0.5, 0.6) is 17.2 Å². The number of H-pyrrole nitrogens is 1. The van der Waals surface area contributed by atoms with Crippen LogP contribution in [0, 0.1) is 5.82 Å². The molecule has 0 unspecified atom stereocenters. The summed E-state index contributed by atoms with van der Waals surface area (Å²) < 4.78 is 30.6.